The first kappa shape index (κ1) is 29.8. The smallest absolute Gasteiger partial charge is 0.141 e. The maximum Gasteiger partial charge on any atom is 0.141 e. The van der Waals surface area contributed by atoms with Crippen molar-refractivity contribution in [2.24, 2.45) is 16.1 Å². The second-order valence-electron chi connectivity index (χ2n) is 9.30. The van der Waals surface area contributed by atoms with E-state index in [2.05, 4.69) is 33.6 Å². The molecule has 0 aromatic heterocycles. The summed E-state index contributed by atoms with van der Waals surface area (Å²) in [5.74, 6) is 1.25. The summed E-state index contributed by atoms with van der Waals surface area (Å²) >= 11 is 6.92. The Morgan fingerprint density at radius 3 is 2.71 bits per heavy atom. The molecule has 204 valence electrons. The van der Waals surface area contributed by atoms with Crippen LogP contribution in [0.4, 0.5) is 13.3 Å². The highest BCUT2D eigenvalue weighted by Crippen LogP contribution is 2.35. The van der Waals surface area contributed by atoms with Crippen LogP contribution in [0.5, 0.6) is 0 Å². The van der Waals surface area contributed by atoms with Crippen LogP contribution in [0.15, 0.2) is 93.1 Å². The summed E-state index contributed by atoms with van der Waals surface area (Å²) in [4.78, 5) is 7.61. The maximum absolute atomic E-state index is 13.4. The van der Waals surface area contributed by atoms with Gasteiger partial charge in [0.25, 0.3) is 0 Å². The molecule has 4 nitrogen and oxygen atoms in total. The van der Waals surface area contributed by atoms with E-state index in [4.69, 9.17) is 11.6 Å². The number of hydrogen-bond acceptors (Lipinski definition) is 5. The highest BCUT2D eigenvalue weighted by Gasteiger charge is 2.36. The summed E-state index contributed by atoms with van der Waals surface area (Å²) in [6.45, 7) is 10.7. The van der Waals surface area contributed by atoms with E-state index in [1.807, 2.05) is 18.4 Å². The second-order valence-corrected chi connectivity index (χ2v) is 10.7. The zero-order valence-corrected chi connectivity index (χ0v) is 23.2. The Labute approximate surface area is 232 Å². The molecule has 2 heterocycles. The number of aliphatic imine (C=N–C) groups is 1. The van der Waals surface area contributed by atoms with Crippen molar-refractivity contribution in [2.75, 3.05) is 19.8 Å². The lowest BCUT2D eigenvalue weighted by Crippen LogP contribution is -2.37. The summed E-state index contributed by atoms with van der Waals surface area (Å²) < 4.78 is 38.1. The number of hydrogen-bond donors (Lipinski definition) is 1. The zero-order valence-electron chi connectivity index (χ0n) is 21.6. The normalized spacial score (nSPS) is 19.7. The van der Waals surface area contributed by atoms with E-state index in [0.717, 1.165) is 34.5 Å². The SMILES string of the molecule is C=C(CC1CCC1)NC1CC2=C(C(/C=C\CF)=N/F)CN=C(C(=C)S/C=C\C)N2C1.Fc1cccc(Cl)c1. The molecule has 1 aromatic carbocycles. The predicted molar refractivity (Wildman–Crippen MR) is 155 cm³/mol. The number of nitrogens with one attached hydrogen (secondary N) is 1. The molecule has 9 heteroatoms. The lowest BCUT2D eigenvalue weighted by molar-refractivity contribution is 0.306. The van der Waals surface area contributed by atoms with E-state index in [1.54, 1.807) is 12.1 Å². The van der Waals surface area contributed by atoms with Crippen LogP contribution >= 0.6 is 23.4 Å². The number of halogens is 4. The van der Waals surface area contributed by atoms with Gasteiger partial charge < -0.3 is 10.2 Å². The molecule has 2 aliphatic heterocycles. The molecule has 0 spiro atoms. The number of thioether (sulfide) groups is 1. The average Bonchev–Trinajstić information content (AvgIpc) is 3.29. The average molecular weight is 563 g/mol. The Kier molecular flexibility index (Phi) is 11.8. The van der Waals surface area contributed by atoms with Crippen LogP contribution in [0.3, 0.4) is 0 Å². The number of allylic oxidation sites excluding steroid dienone is 4. The molecule has 1 saturated carbocycles. The van der Waals surface area contributed by atoms with Gasteiger partial charge in [-0.1, -0.05) is 83.7 Å². The fraction of sp³-hybridized carbons (Fsp3) is 0.379. The van der Waals surface area contributed by atoms with E-state index in [0.29, 0.717) is 30.1 Å². The molecule has 1 aliphatic carbocycles. The molecule has 0 radical (unpaired) electrons. The molecule has 0 bridgehead atoms. The van der Waals surface area contributed by atoms with Gasteiger partial charge in [0, 0.05) is 45.9 Å². The minimum Gasteiger partial charge on any atom is -0.384 e. The first-order valence-corrected chi connectivity index (χ1v) is 13.9. The van der Waals surface area contributed by atoms with Crippen molar-refractivity contribution < 1.29 is 13.3 Å². The van der Waals surface area contributed by atoms with E-state index in [1.165, 1.54) is 55.3 Å². The van der Waals surface area contributed by atoms with Crippen molar-refractivity contribution in [3.63, 3.8) is 0 Å². The van der Waals surface area contributed by atoms with Gasteiger partial charge in [0.05, 0.1) is 6.54 Å². The van der Waals surface area contributed by atoms with Crippen molar-refractivity contribution in [3.8, 4) is 0 Å². The Morgan fingerprint density at radius 2 is 2.13 bits per heavy atom. The summed E-state index contributed by atoms with van der Waals surface area (Å²) in [6.07, 6.45) is 10.2. The molecule has 0 amide bonds. The Hall–Kier alpha value is -2.71. The first-order valence-electron chi connectivity index (χ1n) is 12.6. The van der Waals surface area contributed by atoms with Gasteiger partial charge in [-0.15, -0.1) is 0 Å². The number of benzene rings is 1. The third-order valence-electron chi connectivity index (χ3n) is 6.48. The molecular weight excluding hydrogens is 529 g/mol. The van der Waals surface area contributed by atoms with Crippen LogP contribution in [0.25, 0.3) is 0 Å². The number of nitrogens with zero attached hydrogens (tertiary/aromatic N) is 3. The number of amidine groups is 1. The minimum absolute atomic E-state index is 0.135. The van der Waals surface area contributed by atoms with Crippen LogP contribution in [0.2, 0.25) is 5.02 Å². The fourth-order valence-corrected chi connectivity index (χ4v) is 5.28. The van der Waals surface area contributed by atoms with Crippen molar-refractivity contribution in [1.29, 1.82) is 0 Å². The zero-order chi connectivity index (χ0) is 27.5. The summed E-state index contributed by atoms with van der Waals surface area (Å²) in [7, 11) is 0. The van der Waals surface area contributed by atoms with Crippen LogP contribution in [-0.4, -0.2) is 42.3 Å². The lowest BCUT2D eigenvalue weighted by Gasteiger charge is -2.29. The first-order chi connectivity index (χ1) is 18.4. The van der Waals surface area contributed by atoms with Gasteiger partial charge in [-0.2, -0.15) is 0 Å². The Morgan fingerprint density at radius 1 is 1.34 bits per heavy atom. The Bertz CT molecular complexity index is 1140. The minimum atomic E-state index is -0.665. The van der Waals surface area contributed by atoms with Crippen molar-refractivity contribution >= 4 is 34.9 Å². The van der Waals surface area contributed by atoms with Gasteiger partial charge in [0.1, 0.15) is 24.0 Å². The standard InChI is InChI=1S/C23H30F2N4S.C6H4ClF/c1-4-11-30-17(3)23-26-14-20(21(28-25)9-6-10-24)22-13-19(15-29(22)23)27-16(2)12-18-7-5-8-18;7-5-2-1-3-6(8)4-5/h4,6,9,11,18-19,27H,2-3,5,7-8,10,12-15H2,1H3;1-4H/b9-6-,11-4-,28-21+;. The molecule has 1 aromatic rings. The highest BCUT2D eigenvalue weighted by atomic mass is 35.5. The number of rotatable bonds is 10. The summed E-state index contributed by atoms with van der Waals surface area (Å²) in [5, 5.41) is 8.88. The van der Waals surface area contributed by atoms with E-state index >= 15 is 0 Å². The monoisotopic (exact) mass is 562 g/mol. The van der Waals surface area contributed by atoms with Gasteiger partial charge in [-0.05, 0) is 48.9 Å². The molecular formula is C29H34ClF3N4S. The third-order valence-corrected chi connectivity index (χ3v) is 7.59. The highest BCUT2D eigenvalue weighted by molar-refractivity contribution is 8.06. The van der Waals surface area contributed by atoms with Crippen molar-refractivity contribution in [1.82, 2.24) is 10.2 Å². The maximum atomic E-state index is 13.4. The summed E-state index contributed by atoms with van der Waals surface area (Å²) in [5.41, 5.74) is 2.86. The molecule has 2 fully saturated rings. The van der Waals surface area contributed by atoms with Gasteiger partial charge in [0.2, 0.25) is 0 Å². The second kappa shape index (κ2) is 15.0. The van der Waals surface area contributed by atoms with Crippen LogP contribution in [-0.2, 0) is 0 Å². The van der Waals surface area contributed by atoms with E-state index in [9.17, 15) is 13.3 Å². The summed E-state index contributed by atoms with van der Waals surface area (Å²) in [6, 6.07) is 5.96. The van der Waals surface area contributed by atoms with Gasteiger partial charge in [0.15, 0.2) is 0 Å². The van der Waals surface area contributed by atoms with Crippen LogP contribution in [0.1, 0.15) is 39.0 Å². The molecule has 1 atom stereocenters. The molecule has 3 aliphatic rings. The molecule has 1 saturated heterocycles. The van der Waals surface area contributed by atoms with Crippen molar-refractivity contribution in [2.45, 2.75) is 45.1 Å². The number of fused-ring (bicyclic) bond motifs is 1. The third kappa shape index (κ3) is 8.40. The topological polar surface area (TPSA) is 40.0 Å². The van der Waals surface area contributed by atoms with Gasteiger partial charge in [-0.25, -0.2) is 8.78 Å². The fourth-order valence-electron chi connectivity index (χ4n) is 4.53. The number of alkyl halides is 1. The molecule has 38 heavy (non-hydrogen) atoms. The quantitative estimate of drug-likeness (QED) is 0.293. The van der Waals surface area contributed by atoms with Gasteiger partial charge >= 0.3 is 0 Å². The molecule has 4 rings (SSSR count). The van der Waals surface area contributed by atoms with Crippen LogP contribution < -0.4 is 5.32 Å². The van der Waals surface area contributed by atoms with Crippen molar-refractivity contribution in [3.05, 3.63) is 93.8 Å². The Balaban J connectivity index is 0.000000427. The largest absolute Gasteiger partial charge is 0.384 e. The molecule has 1 N–H and O–H groups in total. The van der Waals surface area contributed by atoms with Gasteiger partial charge in [-0.3, -0.25) is 4.99 Å². The van der Waals surface area contributed by atoms with E-state index in [-0.39, 0.29) is 17.6 Å². The predicted octanol–water partition coefficient (Wildman–Crippen LogP) is 8.13. The van der Waals surface area contributed by atoms with Crippen LogP contribution in [0, 0.1) is 11.7 Å². The lowest BCUT2D eigenvalue weighted by atomic mass is 9.82. The molecule has 1 unspecified atom stereocenters. The van der Waals surface area contributed by atoms with E-state index < -0.39 is 6.67 Å².